The van der Waals surface area contributed by atoms with Crippen LogP contribution in [-0.2, 0) is 6.54 Å². The van der Waals surface area contributed by atoms with Gasteiger partial charge in [-0.15, -0.1) is 0 Å². The van der Waals surface area contributed by atoms with Gasteiger partial charge in [0.25, 0.3) is 0 Å². The quantitative estimate of drug-likeness (QED) is 0.591. The number of likely N-dealkylation sites (tertiary alicyclic amines) is 1. The summed E-state index contributed by atoms with van der Waals surface area (Å²) >= 11 is 0. The van der Waals surface area contributed by atoms with Gasteiger partial charge in [0.1, 0.15) is 5.82 Å². The van der Waals surface area contributed by atoms with E-state index >= 15 is 0 Å². The van der Waals surface area contributed by atoms with Crippen molar-refractivity contribution in [2.24, 2.45) is 0 Å². The molecule has 1 N–H and O–H groups in total. The number of halogens is 1. The highest BCUT2D eigenvalue weighted by Crippen LogP contribution is 2.31. The molecule has 2 aromatic carbocycles. The van der Waals surface area contributed by atoms with Gasteiger partial charge in [-0.1, -0.05) is 38.1 Å². The number of piperidine rings is 1. The highest BCUT2D eigenvalue weighted by atomic mass is 19.1. The Labute approximate surface area is 178 Å². The summed E-state index contributed by atoms with van der Waals surface area (Å²) in [5.41, 5.74) is 6.94. The zero-order valence-corrected chi connectivity index (χ0v) is 18.1. The minimum Gasteiger partial charge on any atom is -0.392 e. The predicted molar refractivity (Wildman–Crippen MR) is 121 cm³/mol. The van der Waals surface area contributed by atoms with Crippen LogP contribution in [0.2, 0.25) is 0 Å². The lowest BCUT2D eigenvalue weighted by Crippen LogP contribution is -2.37. The van der Waals surface area contributed by atoms with E-state index in [0.29, 0.717) is 5.92 Å². The smallest absolute Gasteiger partial charge is 0.123 e. The third-order valence-electron chi connectivity index (χ3n) is 6.18. The standard InChI is InChI=1S/C26H31FN2O/c1-18(2)20-6-8-21(9-7-20)26-15-22(16-28-14-4-5-25(30)17-28)19(3)29(26)24-12-10-23(27)11-13-24/h6-13,15,18,25,30H,4-5,14,16-17H2,1-3H3. The number of hydrogen-bond donors (Lipinski definition) is 1. The molecule has 1 aliphatic rings. The molecule has 1 fully saturated rings. The third-order valence-corrected chi connectivity index (χ3v) is 6.18. The van der Waals surface area contributed by atoms with E-state index in [1.54, 1.807) is 0 Å². The SMILES string of the molecule is Cc1c(CN2CCCC(O)C2)cc(-c2ccc(C(C)C)cc2)n1-c1ccc(F)cc1. The second-order valence-electron chi connectivity index (χ2n) is 8.76. The lowest BCUT2D eigenvalue weighted by molar-refractivity contribution is 0.0667. The number of benzene rings is 2. The molecule has 3 nitrogen and oxygen atoms in total. The highest BCUT2D eigenvalue weighted by Gasteiger charge is 2.21. The van der Waals surface area contributed by atoms with Gasteiger partial charge in [-0.05, 0) is 79.3 Å². The number of β-amino-alcohol motifs (C(OH)–C–C–N with tert-alkyl or cyclic N) is 1. The minimum absolute atomic E-state index is 0.228. The summed E-state index contributed by atoms with van der Waals surface area (Å²) < 4.78 is 15.8. The lowest BCUT2D eigenvalue weighted by Gasteiger charge is -2.29. The molecule has 0 bridgehead atoms. The molecule has 1 unspecified atom stereocenters. The monoisotopic (exact) mass is 406 g/mol. The molecule has 1 atom stereocenters. The van der Waals surface area contributed by atoms with Crippen LogP contribution in [0.1, 0.15) is 49.4 Å². The summed E-state index contributed by atoms with van der Waals surface area (Å²) in [6.45, 7) is 9.08. The average Bonchev–Trinajstić information content (AvgIpc) is 3.05. The first-order chi connectivity index (χ1) is 14.4. The van der Waals surface area contributed by atoms with Crippen molar-refractivity contribution in [3.63, 3.8) is 0 Å². The molecule has 4 heteroatoms. The van der Waals surface area contributed by atoms with E-state index in [1.807, 2.05) is 12.1 Å². The normalized spacial score (nSPS) is 17.6. The number of aromatic nitrogens is 1. The molecule has 30 heavy (non-hydrogen) atoms. The van der Waals surface area contributed by atoms with E-state index < -0.39 is 0 Å². The maximum absolute atomic E-state index is 13.6. The molecule has 0 amide bonds. The van der Waals surface area contributed by atoms with Crippen LogP contribution in [0.3, 0.4) is 0 Å². The number of aliphatic hydroxyl groups excluding tert-OH is 1. The second-order valence-corrected chi connectivity index (χ2v) is 8.76. The summed E-state index contributed by atoms with van der Waals surface area (Å²) in [5.74, 6) is 0.264. The van der Waals surface area contributed by atoms with Gasteiger partial charge >= 0.3 is 0 Å². The first-order valence-corrected chi connectivity index (χ1v) is 10.9. The van der Waals surface area contributed by atoms with Crippen LogP contribution in [0.25, 0.3) is 16.9 Å². The Kier molecular flexibility index (Phi) is 6.07. The fraction of sp³-hybridized carbons (Fsp3) is 0.385. The van der Waals surface area contributed by atoms with Gasteiger partial charge in [-0.2, -0.15) is 0 Å². The molecule has 0 aliphatic carbocycles. The zero-order chi connectivity index (χ0) is 21.3. The van der Waals surface area contributed by atoms with E-state index in [0.717, 1.165) is 55.1 Å². The van der Waals surface area contributed by atoms with Crippen molar-refractivity contribution >= 4 is 0 Å². The predicted octanol–water partition coefficient (Wildman–Crippen LogP) is 5.67. The molecule has 158 valence electrons. The van der Waals surface area contributed by atoms with Gasteiger partial charge in [0, 0.05) is 24.5 Å². The summed E-state index contributed by atoms with van der Waals surface area (Å²) in [7, 11) is 0. The van der Waals surface area contributed by atoms with Crippen molar-refractivity contribution in [3.05, 3.63) is 77.2 Å². The number of aliphatic hydroxyl groups is 1. The van der Waals surface area contributed by atoms with Crippen LogP contribution in [-0.4, -0.2) is 33.8 Å². The van der Waals surface area contributed by atoms with Crippen molar-refractivity contribution in [2.75, 3.05) is 13.1 Å². The fourth-order valence-electron chi connectivity index (χ4n) is 4.41. The largest absolute Gasteiger partial charge is 0.392 e. The van der Waals surface area contributed by atoms with Crippen molar-refractivity contribution in [3.8, 4) is 16.9 Å². The maximum Gasteiger partial charge on any atom is 0.123 e. The molecular formula is C26H31FN2O. The van der Waals surface area contributed by atoms with Gasteiger partial charge in [-0.3, -0.25) is 4.90 Å². The highest BCUT2D eigenvalue weighted by molar-refractivity contribution is 5.66. The molecule has 3 aromatic rings. The maximum atomic E-state index is 13.6. The third kappa shape index (κ3) is 4.35. The summed E-state index contributed by atoms with van der Waals surface area (Å²) in [5, 5.41) is 10.1. The second kappa shape index (κ2) is 8.75. The van der Waals surface area contributed by atoms with Crippen LogP contribution in [0.15, 0.2) is 54.6 Å². The lowest BCUT2D eigenvalue weighted by atomic mass is 10.0. The Hall–Kier alpha value is -2.43. The fourth-order valence-corrected chi connectivity index (χ4v) is 4.41. The average molecular weight is 407 g/mol. The van der Waals surface area contributed by atoms with E-state index in [2.05, 4.69) is 60.6 Å². The molecule has 1 aliphatic heterocycles. The van der Waals surface area contributed by atoms with E-state index in [9.17, 15) is 9.50 Å². The van der Waals surface area contributed by atoms with Crippen molar-refractivity contribution in [1.82, 2.24) is 9.47 Å². The van der Waals surface area contributed by atoms with Gasteiger partial charge < -0.3 is 9.67 Å². The van der Waals surface area contributed by atoms with E-state index in [1.165, 1.54) is 23.3 Å². The Morgan fingerprint density at radius 2 is 1.77 bits per heavy atom. The first-order valence-electron chi connectivity index (χ1n) is 10.9. The molecule has 0 spiro atoms. The van der Waals surface area contributed by atoms with Crippen LogP contribution in [0.5, 0.6) is 0 Å². The zero-order valence-electron chi connectivity index (χ0n) is 18.1. The first kappa shape index (κ1) is 20.8. The molecule has 1 aromatic heterocycles. The Morgan fingerprint density at radius 1 is 1.07 bits per heavy atom. The van der Waals surface area contributed by atoms with Crippen molar-refractivity contribution in [1.29, 1.82) is 0 Å². The van der Waals surface area contributed by atoms with Gasteiger partial charge in [0.15, 0.2) is 0 Å². The van der Waals surface area contributed by atoms with Crippen LogP contribution in [0, 0.1) is 12.7 Å². The van der Waals surface area contributed by atoms with E-state index in [-0.39, 0.29) is 11.9 Å². The van der Waals surface area contributed by atoms with Crippen LogP contribution in [0.4, 0.5) is 4.39 Å². The van der Waals surface area contributed by atoms with Gasteiger partial charge in [0.2, 0.25) is 0 Å². The molecule has 2 heterocycles. The van der Waals surface area contributed by atoms with Crippen LogP contribution >= 0.6 is 0 Å². The van der Waals surface area contributed by atoms with Gasteiger partial charge in [-0.25, -0.2) is 4.39 Å². The molecule has 4 rings (SSSR count). The summed E-state index contributed by atoms with van der Waals surface area (Å²) in [6.07, 6.45) is 1.68. The topological polar surface area (TPSA) is 28.4 Å². The minimum atomic E-state index is -0.235. The summed E-state index contributed by atoms with van der Waals surface area (Å²) in [6, 6.07) is 17.7. The Balaban J connectivity index is 1.75. The molecule has 1 saturated heterocycles. The van der Waals surface area contributed by atoms with Crippen molar-refractivity contribution in [2.45, 2.75) is 52.2 Å². The Bertz CT molecular complexity index is 989. The van der Waals surface area contributed by atoms with Crippen LogP contribution < -0.4 is 0 Å². The number of nitrogens with zero attached hydrogens (tertiary/aromatic N) is 2. The summed E-state index contributed by atoms with van der Waals surface area (Å²) in [4.78, 5) is 2.33. The van der Waals surface area contributed by atoms with Crippen molar-refractivity contribution < 1.29 is 9.50 Å². The number of rotatable bonds is 5. The molecule has 0 saturated carbocycles. The molecule has 0 radical (unpaired) electrons. The van der Waals surface area contributed by atoms with Gasteiger partial charge in [0.05, 0.1) is 11.8 Å². The Morgan fingerprint density at radius 3 is 2.40 bits per heavy atom. The van der Waals surface area contributed by atoms with E-state index in [4.69, 9.17) is 0 Å². The number of hydrogen-bond acceptors (Lipinski definition) is 2. The molecular weight excluding hydrogens is 375 g/mol.